The number of nitrogens with zero attached hydrogens (tertiary/aromatic N) is 1. The minimum Gasteiger partial charge on any atom is -0.351 e. The largest absolute Gasteiger partial charge is 0.351 e. The zero-order valence-electron chi connectivity index (χ0n) is 12.2. The summed E-state index contributed by atoms with van der Waals surface area (Å²) < 4.78 is 0. The second-order valence-corrected chi connectivity index (χ2v) is 6.52. The quantitative estimate of drug-likeness (QED) is 0.793. The summed E-state index contributed by atoms with van der Waals surface area (Å²) in [7, 11) is 0. The topological polar surface area (TPSA) is 61.4 Å². The molecule has 114 valence electrons. The molecule has 2 amide bonds. The fourth-order valence-electron chi connectivity index (χ4n) is 2.64. The standard InChI is InChI=1S/C14H25N3O2S/c1-2-3-4-13(18)17-10-20-9-12(17)14(19)16-11-5-7-15-8-6-11/h11-12,15H,2-10H2,1H3,(H,16,19). The lowest BCUT2D eigenvalue weighted by Gasteiger charge is -2.28. The van der Waals surface area contributed by atoms with Crippen LogP contribution < -0.4 is 10.6 Å². The molecule has 2 aliphatic rings. The van der Waals surface area contributed by atoms with E-state index in [0.29, 0.717) is 12.3 Å². The van der Waals surface area contributed by atoms with Crippen molar-refractivity contribution in [3.63, 3.8) is 0 Å². The smallest absolute Gasteiger partial charge is 0.243 e. The van der Waals surface area contributed by atoms with E-state index >= 15 is 0 Å². The summed E-state index contributed by atoms with van der Waals surface area (Å²) in [6, 6.07) is 0.00110. The Bertz CT molecular complexity index is 345. The fourth-order valence-corrected chi connectivity index (χ4v) is 3.82. The van der Waals surface area contributed by atoms with Gasteiger partial charge in [-0.3, -0.25) is 9.59 Å². The number of carbonyl (C=O) groups excluding carboxylic acids is 2. The van der Waals surface area contributed by atoms with Crippen molar-refractivity contribution in [2.24, 2.45) is 0 Å². The van der Waals surface area contributed by atoms with Crippen LogP contribution in [0.4, 0.5) is 0 Å². The highest BCUT2D eigenvalue weighted by Gasteiger charge is 2.35. The van der Waals surface area contributed by atoms with Crippen LogP contribution in [0.15, 0.2) is 0 Å². The van der Waals surface area contributed by atoms with Gasteiger partial charge in [-0.2, -0.15) is 0 Å². The van der Waals surface area contributed by atoms with E-state index in [-0.39, 0.29) is 23.9 Å². The predicted molar refractivity (Wildman–Crippen MR) is 81.5 cm³/mol. The molecular formula is C14H25N3O2S. The van der Waals surface area contributed by atoms with Gasteiger partial charge in [0, 0.05) is 18.2 Å². The maximum Gasteiger partial charge on any atom is 0.243 e. The molecule has 6 heteroatoms. The van der Waals surface area contributed by atoms with E-state index < -0.39 is 0 Å². The number of thioether (sulfide) groups is 1. The summed E-state index contributed by atoms with van der Waals surface area (Å²) in [5.41, 5.74) is 0. The lowest BCUT2D eigenvalue weighted by Crippen LogP contribution is -2.51. The van der Waals surface area contributed by atoms with Gasteiger partial charge < -0.3 is 15.5 Å². The molecule has 1 atom stereocenters. The molecule has 2 saturated heterocycles. The highest BCUT2D eigenvalue weighted by atomic mass is 32.2. The first-order chi connectivity index (χ1) is 9.72. The molecule has 0 spiro atoms. The summed E-state index contributed by atoms with van der Waals surface area (Å²) in [6.07, 6.45) is 4.44. The molecule has 0 saturated carbocycles. The van der Waals surface area contributed by atoms with E-state index in [2.05, 4.69) is 17.6 Å². The number of piperidine rings is 1. The molecular weight excluding hydrogens is 274 g/mol. The molecule has 2 fully saturated rings. The van der Waals surface area contributed by atoms with Crippen molar-refractivity contribution in [2.75, 3.05) is 24.7 Å². The molecule has 0 radical (unpaired) electrons. The van der Waals surface area contributed by atoms with Crippen LogP contribution in [0.25, 0.3) is 0 Å². The zero-order chi connectivity index (χ0) is 14.4. The average molecular weight is 299 g/mol. The van der Waals surface area contributed by atoms with Crippen molar-refractivity contribution in [2.45, 2.75) is 51.1 Å². The number of carbonyl (C=O) groups is 2. The Kier molecular flexibility index (Phi) is 6.16. The molecule has 0 aromatic carbocycles. The van der Waals surface area contributed by atoms with E-state index in [4.69, 9.17) is 0 Å². The third-order valence-corrected chi connectivity index (χ3v) is 4.95. The SMILES string of the molecule is CCCCC(=O)N1CSCC1C(=O)NC1CCNCC1. The molecule has 2 aliphatic heterocycles. The molecule has 2 N–H and O–H groups in total. The normalized spacial score (nSPS) is 23.9. The third-order valence-electron chi connectivity index (χ3n) is 3.94. The molecule has 0 aliphatic carbocycles. The molecule has 0 aromatic heterocycles. The molecule has 20 heavy (non-hydrogen) atoms. The van der Waals surface area contributed by atoms with Crippen LogP contribution in [-0.2, 0) is 9.59 Å². The van der Waals surface area contributed by atoms with Gasteiger partial charge in [0.2, 0.25) is 11.8 Å². The second kappa shape index (κ2) is 7.88. The molecule has 5 nitrogen and oxygen atoms in total. The fraction of sp³-hybridized carbons (Fsp3) is 0.857. The summed E-state index contributed by atoms with van der Waals surface area (Å²) >= 11 is 1.67. The predicted octanol–water partition coefficient (Wildman–Crippen LogP) is 0.946. The van der Waals surface area contributed by atoms with Crippen molar-refractivity contribution < 1.29 is 9.59 Å². The van der Waals surface area contributed by atoms with Crippen molar-refractivity contribution >= 4 is 23.6 Å². The number of rotatable bonds is 5. The van der Waals surface area contributed by atoms with Gasteiger partial charge in [-0.25, -0.2) is 0 Å². The Morgan fingerprint density at radius 1 is 1.35 bits per heavy atom. The Labute approximate surface area is 125 Å². The first kappa shape index (κ1) is 15.6. The monoisotopic (exact) mass is 299 g/mol. The van der Waals surface area contributed by atoms with Crippen LogP contribution in [-0.4, -0.2) is 53.5 Å². The summed E-state index contributed by atoms with van der Waals surface area (Å²) in [4.78, 5) is 26.3. The van der Waals surface area contributed by atoms with Gasteiger partial charge in [0.25, 0.3) is 0 Å². The zero-order valence-corrected chi connectivity index (χ0v) is 13.0. The van der Waals surface area contributed by atoms with E-state index in [9.17, 15) is 9.59 Å². The Balaban J connectivity index is 1.85. The number of nitrogens with one attached hydrogen (secondary N) is 2. The number of hydrogen-bond donors (Lipinski definition) is 2. The summed E-state index contributed by atoms with van der Waals surface area (Å²) in [6.45, 7) is 4.00. The maximum atomic E-state index is 12.4. The van der Waals surface area contributed by atoms with Crippen LogP contribution in [0.5, 0.6) is 0 Å². The highest BCUT2D eigenvalue weighted by Crippen LogP contribution is 2.22. The number of amides is 2. The van der Waals surface area contributed by atoms with Crippen LogP contribution in [0.2, 0.25) is 0 Å². The minimum atomic E-state index is -0.265. The van der Waals surface area contributed by atoms with E-state index in [1.54, 1.807) is 16.7 Å². The van der Waals surface area contributed by atoms with Gasteiger partial charge in [0.15, 0.2) is 0 Å². The van der Waals surface area contributed by atoms with Crippen LogP contribution in [0, 0.1) is 0 Å². The first-order valence-corrected chi connectivity index (χ1v) is 8.76. The molecule has 1 unspecified atom stereocenters. The first-order valence-electron chi connectivity index (χ1n) is 7.60. The summed E-state index contributed by atoms with van der Waals surface area (Å²) in [5.74, 6) is 1.55. The molecule has 2 heterocycles. The van der Waals surface area contributed by atoms with Crippen molar-refractivity contribution in [3.05, 3.63) is 0 Å². The van der Waals surface area contributed by atoms with E-state index in [1.165, 1.54) is 0 Å². The van der Waals surface area contributed by atoms with Crippen molar-refractivity contribution in [3.8, 4) is 0 Å². The van der Waals surface area contributed by atoms with Crippen LogP contribution in [0.3, 0.4) is 0 Å². The lowest BCUT2D eigenvalue weighted by atomic mass is 10.1. The Morgan fingerprint density at radius 2 is 2.10 bits per heavy atom. The number of hydrogen-bond acceptors (Lipinski definition) is 4. The third kappa shape index (κ3) is 4.12. The Morgan fingerprint density at radius 3 is 2.80 bits per heavy atom. The molecule has 0 bridgehead atoms. The molecule has 2 rings (SSSR count). The second-order valence-electron chi connectivity index (χ2n) is 5.52. The molecule has 0 aromatic rings. The number of unbranched alkanes of at least 4 members (excludes halogenated alkanes) is 1. The van der Waals surface area contributed by atoms with E-state index in [0.717, 1.165) is 44.5 Å². The van der Waals surface area contributed by atoms with Gasteiger partial charge in [0.05, 0.1) is 5.88 Å². The summed E-state index contributed by atoms with van der Waals surface area (Å²) in [5, 5.41) is 6.40. The van der Waals surface area contributed by atoms with Gasteiger partial charge in [0.1, 0.15) is 6.04 Å². The van der Waals surface area contributed by atoms with Crippen LogP contribution >= 0.6 is 11.8 Å². The average Bonchev–Trinajstić information content (AvgIpc) is 2.95. The van der Waals surface area contributed by atoms with Gasteiger partial charge in [-0.15, -0.1) is 11.8 Å². The van der Waals surface area contributed by atoms with Gasteiger partial charge in [-0.1, -0.05) is 13.3 Å². The maximum absolute atomic E-state index is 12.4. The highest BCUT2D eigenvalue weighted by molar-refractivity contribution is 7.99. The van der Waals surface area contributed by atoms with E-state index in [1.807, 2.05) is 0 Å². The van der Waals surface area contributed by atoms with Crippen LogP contribution in [0.1, 0.15) is 39.0 Å². The van der Waals surface area contributed by atoms with Gasteiger partial charge in [-0.05, 0) is 32.4 Å². The Hall–Kier alpha value is -0.750. The van der Waals surface area contributed by atoms with Crippen molar-refractivity contribution in [1.82, 2.24) is 15.5 Å². The lowest BCUT2D eigenvalue weighted by molar-refractivity contribution is -0.138. The minimum absolute atomic E-state index is 0.0340. The van der Waals surface area contributed by atoms with Crippen molar-refractivity contribution in [1.29, 1.82) is 0 Å². The van der Waals surface area contributed by atoms with Gasteiger partial charge >= 0.3 is 0 Å².